The number of ketones is 1. The third kappa shape index (κ3) is 2.87. The van der Waals surface area contributed by atoms with Crippen molar-refractivity contribution < 1.29 is 14.3 Å². The van der Waals surface area contributed by atoms with Crippen LogP contribution in [-0.2, 0) is 4.79 Å². The molecule has 2 rings (SSSR count). The van der Waals surface area contributed by atoms with Gasteiger partial charge in [-0.1, -0.05) is 12.1 Å². The predicted octanol–water partition coefficient (Wildman–Crippen LogP) is 0.310. The van der Waals surface area contributed by atoms with Crippen molar-refractivity contribution in [1.29, 1.82) is 0 Å². The van der Waals surface area contributed by atoms with Crippen LogP contribution in [0.2, 0.25) is 0 Å². The lowest BCUT2D eigenvalue weighted by Crippen LogP contribution is -2.49. The Kier molecular flexibility index (Phi) is 3.94. The predicted molar refractivity (Wildman–Crippen MR) is 66.8 cm³/mol. The summed E-state index contributed by atoms with van der Waals surface area (Å²) in [5.41, 5.74) is 0.561. The van der Waals surface area contributed by atoms with E-state index in [0.717, 1.165) is 0 Å². The number of carbonyl (C=O) groups is 2. The lowest BCUT2D eigenvalue weighted by atomic mass is 10.1. The van der Waals surface area contributed by atoms with E-state index in [0.29, 0.717) is 24.4 Å². The average molecular weight is 248 g/mol. The third-order valence-electron chi connectivity index (χ3n) is 2.89. The Morgan fingerprint density at radius 3 is 2.94 bits per heavy atom. The van der Waals surface area contributed by atoms with Gasteiger partial charge >= 0.3 is 0 Å². The second-order valence-electron chi connectivity index (χ2n) is 4.18. The number of amides is 1. The molecule has 1 aromatic carbocycles. The van der Waals surface area contributed by atoms with E-state index >= 15 is 0 Å². The summed E-state index contributed by atoms with van der Waals surface area (Å²) in [4.78, 5) is 25.2. The summed E-state index contributed by atoms with van der Waals surface area (Å²) in [6.45, 7) is 1.82. The Labute approximate surface area is 106 Å². The summed E-state index contributed by atoms with van der Waals surface area (Å²) >= 11 is 0. The SMILES string of the molecule is COc1ccccc1C(=O)CN1CCNC(=O)C1. The molecular formula is C13H16N2O3. The Morgan fingerprint density at radius 2 is 2.22 bits per heavy atom. The van der Waals surface area contributed by atoms with Crippen LogP contribution >= 0.6 is 0 Å². The number of nitrogens with one attached hydrogen (secondary N) is 1. The molecule has 1 N–H and O–H groups in total. The zero-order valence-electron chi connectivity index (χ0n) is 10.3. The van der Waals surface area contributed by atoms with Gasteiger partial charge in [-0.3, -0.25) is 14.5 Å². The highest BCUT2D eigenvalue weighted by molar-refractivity contribution is 6.00. The summed E-state index contributed by atoms with van der Waals surface area (Å²) < 4.78 is 5.16. The molecule has 1 aliphatic heterocycles. The molecule has 1 saturated heterocycles. The van der Waals surface area contributed by atoms with Crippen LogP contribution in [0.25, 0.3) is 0 Å². The van der Waals surface area contributed by atoms with Crippen molar-refractivity contribution in [3.63, 3.8) is 0 Å². The minimum absolute atomic E-state index is 0.0258. The van der Waals surface area contributed by atoms with Gasteiger partial charge in [0.2, 0.25) is 5.91 Å². The van der Waals surface area contributed by atoms with E-state index in [1.807, 2.05) is 11.0 Å². The largest absolute Gasteiger partial charge is 0.496 e. The van der Waals surface area contributed by atoms with Crippen molar-refractivity contribution in [2.75, 3.05) is 33.3 Å². The number of nitrogens with zero attached hydrogens (tertiary/aromatic N) is 1. The van der Waals surface area contributed by atoms with Gasteiger partial charge in [0, 0.05) is 13.1 Å². The lowest BCUT2D eigenvalue weighted by molar-refractivity contribution is -0.123. The second kappa shape index (κ2) is 5.64. The molecule has 1 aromatic rings. The van der Waals surface area contributed by atoms with Crippen molar-refractivity contribution in [1.82, 2.24) is 10.2 Å². The molecule has 0 radical (unpaired) electrons. The van der Waals surface area contributed by atoms with Crippen LogP contribution in [0, 0.1) is 0 Å². The molecule has 0 atom stereocenters. The van der Waals surface area contributed by atoms with E-state index in [4.69, 9.17) is 4.74 Å². The van der Waals surface area contributed by atoms with Crippen molar-refractivity contribution in [2.24, 2.45) is 0 Å². The fourth-order valence-electron chi connectivity index (χ4n) is 1.99. The number of hydrogen-bond acceptors (Lipinski definition) is 4. The van der Waals surface area contributed by atoms with Gasteiger partial charge in [0.1, 0.15) is 5.75 Å². The molecule has 1 fully saturated rings. The van der Waals surface area contributed by atoms with Crippen LogP contribution in [0.3, 0.4) is 0 Å². The quantitative estimate of drug-likeness (QED) is 0.779. The van der Waals surface area contributed by atoms with E-state index in [-0.39, 0.29) is 24.8 Å². The van der Waals surface area contributed by atoms with Gasteiger partial charge in [-0.25, -0.2) is 0 Å². The topological polar surface area (TPSA) is 58.6 Å². The van der Waals surface area contributed by atoms with Crippen molar-refractivity contribution in [3.8, 4) is 5.75 Å². The molecule has 0 aromatic heterocycles. The van der Waals surface area contributed by atoms with Gasteiger partial charge in [0.25, 0.3) is 0 Å². The van der Waals surface area contributed by atoms with Crippen LogP contribution in [0.15, 0.2) is 24.3 Å². The minimum atomic E-state index is -0.0333. The maximum atomic E-state index is 12.1. The van der Waals surface area contributed by atoms with Crippen molar-refractivity contribution >= 4 is 11.7 Å². The summed E-state index contributed by atoms with van der Waals surface area (Å²) in [6, 6.07) is 7.13. The van der Waals surface area contributed by atoms with Crippen LogP contribution in [0.1, 0.15) is 10.4 Å². The Hall–Kier alpha value is -1.88. The number of carbonyl (C=O) groups excluding carboxylic acids is 2. The number of para-hydroxylation sites is 1. The molecule has 0 saturated carbocycles. The zero-order chi connectivity index (χ0) is 13.0. The molecular weight excluding hydrogens is 232 g/mol. The Balaban J connectivity index is 2.05. The smallest absolute Gasteiger partial charge is 0.234 e. The molecule has 5 nitrogen and oxygen atoms in total. The number of piperazine rings is 1. The van der Waals surface area contributed by atoms with Gasteiger partial charge in [-0.15, -0.1) is 0 Å². The maximum Gasteiger partial charge on any atom is 0.234 e. The first-order valence-corrected chi connectivity index (χ1v) is 5.86. The molecule has 1 amide bonds. The van der Waals surface area contributed by atoms with E-state index in [1.54, 1.807) is 25.3 Å². The molecule has 1 heterocycles. The number of Topliss-reactive ketones (excluding diaryl/α,β-unsaturated/α-hetero) is 1. The zero-order valence-corrected chi connectivity index (χ0v) is 10.3. The second-order valence-corrected chi connectivity index (χ2v) is 4.18. The average Bonchev–Trinajstić information content (AvgIpc) is 2.38. The Bertz CT molecular complexity index is 459. The Morgan fingerprint density at radius 1 is 1.44 bits per heavy atom. The van der Waals surface area contributed by atoms with Gasteiger partial charge in [0.05, 0.1) is 25.8 Å². The third-order valence-corrected chi connectivity index (χ3v) is 2.89. The number of benzene rings is 1. The first kappa shape index (κ1) is 12.6. The molecule has 0 bridgehead atoms. The molecule has 96 valence electrons. The van der Waals surface area contributed by atoms with Gasteiger partial charge in [-0.2, -0.15) is 0 Å². The fourth-order valence-corrected chi connectivity index (χ4v) is 1.99. The van der Waals surface area contributed by atoms with Crippen LogP contribution in [0.4, 0.5) is 0 Å². The monoisotopic (exact) mass is 248 g/mol. The van der Waals surface area contributed by atoms with Gasteiger partial charge in [-0.05, 0) is 12.1 Å². The highest BCUT2D eigenvalue weighted by Gasteiger charge is 2.20. The number of rotatable bonds is 4. The van der Waals surface area contributed by atoms with Crippen LogP contribution in [-0.4, -0.2) is 49.9 Å². The summed E-state index contributed by atoms with van der Waals surface area (Å²) in [5, 5.41) is 2.73. The van der Waals surface area contributed by atoms with Gasteiger partial charge in [0.15, 0.2) is 5.78 Å². The van der Waals surface area contributed by atoms with Crippen molar-refractivity contribution in [3.05, 3.63) is 29.8 Å². The maximum absolute atomic E-state index is 12.1. The summed E-state index contributed by atoms with van der Waals surface area (Å²) in [5.74, 6) is 0.514. The fraction of sp³-hybridized carbons (Fsp3) is 0.385. The summed E-state index contributed by atoms with van der Waals surface area (Å²) in [7, 11) is 1.54. The summed E-state index contributed by atoms with van der Waals surface area (Å²) in [6.07, 6.45) is 0. The molecule has 1 aliphatic rings. The molecule has 0 spiro atoms. The normalized spacial score (nSPS) is 16.2. The first-order valence-electron chi connectivity index (χ1n) is 5.86. The van der Waals surface area contributed by atoms with Crippen molar-refractivity contribution in [2.45, 2.75) is 0 Å². The van der Waals surface area contributed by atoms with E-state index < -0.39 is 0 Å². The number of methoxy groups -OCH3 is 1. The van der Waals surface area contributed by atoms with Gasteiger partial charge < -0.3 is 10.1 Å². The number of hydrogen-bond donors (Lipinski definition) is 1. The highest BCUT2D eigenvalue weighted by atomic mass is 16.5. The van der Waals surface area contributed by atoms with Crippen LogP contribution in [0.5, 0.6) is 5.75 Å². The molecule has 0 aliphatic carbocycles. The number of ether oxygens (including phenoxy) is 1. The highest BCUT2D eigenvalue weighted by Crippen LogP contribution is 2.18. The minimum Gasteiger partial charge on any atom is -0.496 e. The van der Waals surface area contributed by atoms with E-state index in [2.05, 4.69) is 5.32 Å². The van der Waals surface area contributed by atoms with E-state index in [1.165, 1.54) is 0 Å². The standard InChI is InChI=1S/C13H16N2O3/c1-18-12-5-3-2-4-10(12)11(16)8-15-7-6-14-13(17)9-15/h2-5H,6-9H2,1H3,(H,14,17). The lowest BCUT2D eigenvalue weighted by Gasteiger charge is -2.25. The molecule has 0 unspecified atom stereocenters. The first-order chi connectivity index (χ1) is 8.70. The van der Waals surface area contributed by atoms with Crippen LogP contribution < -0.4 is 10.1 Å². The molecule has 18 heavy (non-hydrogen) atoms. The van der Waals surface area contributed by atoms with E-state index in [9.17, 15) is 9.59 Å². The molecule has 5 heteroatoms.